The molecular weight excluding hydrogens is 318 g/mol. The van der Waals surface area contributed by atoms with Crippen LogP contribution in [-0.2, 0) is 27.2 Å². The maximum absolute atomic E-state index is 12.9. The zero-order valence-electron chi connectivity index (χ0n) is 14.7. The van der Waals surface area contributed by atoms with Gasteiger partial charge in [-0.2, -0.15) is 0 Å². The van der Waals surface area contributed by atoms with Crippen LogP contribution in [0.25, 0.3) is 0 Å². The Labute approximate surface area is 149 Å². The Morgan fingerprint density at radius 3 is 2.56 bits per heavy atom. The van der Waals surface area contributed by atoms with E-state index in [1.165, 1.54) is 11.1 Å². The molecule has 0 aromatic heterocycles. The molecule has 136 valence electrons. The molecule has 1 aliphatic heterocycles. The second kappa shape index (κ2) is 8.48. The number of carbonyl (C=O) groups excluding carboxylic acids is 1. The van der Waals surface area contributed by atoms with E-state index in [2.05, 4.69) is 24.3 Å². The average molecular weight is 345 g/mol. The molecule has 1 heterocycles. The Hall–Kier alpha value is -1.88. The first kappa shape index (κ1) is 17.9. The van der Waals surface area contributed by atoms with Crippen LogP contribution in [0.15, 0.2) is 24.3 Å². The van der Waals surface area contributed by atoms with Gasteiger partial charge in [0.1, 0.15) is 0 Å². The molecule has 0 unspecified atom stereocenters. The Balaban J connectivity index is 1.62. The number of carbonyl (C=O) groups is 2. The third-order valence-electron chi connectivity index (χ3n) is 5.43. The van der Waals surface area contributed by atoms with Crippen molar-refractivity contribution in [3.05, 3.63) is 35.4 Å². The molecule has 1 amide bonds. The molecule has 5 nitrogen and oxygen atoms in total. The predicted octanol–water partition coefficient (Wildman–Crippen LogP) is 2.66. The maximum atomic E-state index is 12.9. The summed E-state index contributed by atoms with van der Waals surface area (Å²) in [7, 11) is 0. The molecule has 0 bridgehead atoms. The third kappa shape index (κ3) is 4.82. The Bertz CT molecular complexity index is 609. The topological polar surface area (TPSA) is 66.8 Å². The number of nitrogens with zero attached hydrogens (tertiary/aromatic N) is 1. The minimum Gasteiger partial charge on any atom is -0.481 e. The standard InChI is InChI=1S/C20H27NO4/c22-19(14-15-5-6-16-3-1-2-4-17(16)13-15)21(10-7-20(23)24)18-8-11-25-12-9-18/h1-4,15,18H,5-14H2,(H,23,24)/t15-/m0/s1. The highest BCUT2D eigenvalue weighted by molar-refractivity contribution is 5.77. The largest absolute Gasteiger partial charge is 0.481 e. The number of amides is 1. The SMILES string of the molecule is O=C(O)CCN(C(=O)C[C@H]1CCc2ccccc2C1)C1CCOCC1. The quantitative estimate of drug-likeness (QED) is 0.861. The minimum atomic E-state index is -0.851. The van der Waals surface area contributed by atoms with E-state index in [9.17, 15) is 9.59 Å². The molecule has 1 saturated heterocycles. The fourth-order valence-corrected chi connectivity index (χ4v) is 4.04. The molecular formula is C20H27NO4. The molecule has 1 fully saturated rings. The number of hydrogen-bond acceptors (Lipinski definition) is 3. The van der Waals surface area contributed by atoms with Crippen LogP contribution in [0.2, 0.25) is 0 Å². The molecule has 0 radical (unpaired) electrons. The van der Waals surface area contributed by atoms with Crippen LogP contribution in [0.1, 0.15) is 43.2 Å². The molecule has 0 saturated carbocycles. The summed E-state index contributed by atoms with van der Waals surface area (Å²) in [4.78, 5) is 25.7. The number of rotatable bonds is 6. The molecule has 2 aliphatic rings. The third-order valence-corrected chi connectivity index (χ3v) is 5.43. The number of carboxylic acids is 1. The van der Waals surface area contributed by atoms with Crippen molar-refractivity contribution in [3.8, 4) is 0 Å². The first-order valence-electron chi connectivity index (χ1n) is 9.29. The van der Waals surface area contributed by atoms with Crippen molar-refractivity contribution in [3.63, 3.8) is 0 Å². The van der Waals surface area contributed by atoms with Gasteiger partial charge in [-0.3, -0.25) is 9.59 Å². The zero-order chi connectivity index (χ0) is 17.6. The van der Waals surface area contributed by atoms with E-state index in [-0.39, 0.29) is 18.4 Å². The molecule has 0 spiro atoms. The molecule has 1 N–H and O–H groups in total. The number of aliphatic carboxylic acids is 1. The molecule has 1 aromatic carbocycles. The number of hydrogen-bond donors (Lipinski definition) is 1. The fraction of sp³-hybridized carbons (Fsp3) is 0.600. The van der Waals surface area contributed by atoms with E-state index < -0.39 is 5.97 Å². The van der Waals surface area contributed by atoms with Crippen LogP contribution in [0.5, 0.6) is 0 Å². The van der Waals surface area contributed by atoms with Gasteiger partial charge in [-0.05, 0) is 49.1 Å². The smallest absolute Gasteiger partial charge is 0.305 e. The summed E-state index contributed by atoms with van der Waals surface area (Å²) in [5.41, 5.74) is 2.76. The Morgan fingerprint density at radius 1 is 1.12 bits per heavy atom. The second-order valence-electron chi connectivity index (χ2n) is 7.16. The van der Waals surface area contributed by atoms with Crippen LogP contribution in [0, 0.1) is 5.92 Å². The molecule has 25 heavy (non-hydrogen) atoms. The van der Waals surface area contributed by atoms with Crippen LogP contribution < -0.4 is 0 Å². The van der Waals surface area contributed by atoms with E-state index in [1.54, 1.807) is 0 Å². The van der Waals surface area contributed by atoms with Gasteiger partial charge < -0.3 is 14.7 Å². The first-order chi connectivity index (χ1) is 12.1. The highest BCUT2D eigenvalue weighted by Crippen LogP contribution is 2.28. The zero-order valence-corrected chi connectivity index (χ0v) is 14.7. The normalized spacial score (nSPS) is 20.7. The molecule has 1 atom stereocenters. The predicted molar refractivity (Wildman–Crippen MR) is 94.4 cm³/mol. The van der Waals surface area contributed by atoms with Gasteiger partial charge in [-0.25, -0.2) is 0 Å². The van der Waals surface area contributed by atoms with Gasteiger partial charge in [-0.1, -0.05) is 24.3 Å². The number of aryl methyl sites for hydroxylation is 1. The first-order valence-corrected chi connectivity index (χ1v) is 9.29. The monoisotopic (exact) mass is 345 g/mol. The summed E-state index contributed by atoms with van der Waals surface area (Å²) in [6.45, 7) is 1.61. The second-order valence-corrected chi connectivity index (χ2v) is 7.16. The van der Waals surface area contributed by atoms with Crippen molar-refractivity contribution in [2.24, 2.45) is 5.92 Å². The molecule has 1 aliphatic carbocycles. The van der Waals surface area contributed by atoms with E-state index in [0.717, 1.165) is 32.1 Å². The van der Waals surface area contributed by atoms with E-state index in [1.807, 2.05) is 4.90 Å². The lowest BCUT2D eigenvalue weighted by molar-refractivity contribution is -0.140. The Kier molecular flexibility index (Phi) is 6.08. The lowest BCUT2D eigenvalue weighted by Crippen LogP contribution is -2.45. The Morgan fingerprint density at radius 2 is 1.84 bits per heavy atom. The number of benzene rings is 1. The highest BCUT2D eigenvalue weighted by atomic mass is 16.5. The van der Waals surface area contributed by atoms with Crippen molar-refractivity contribution < 1.29 is 19.4 Å². The fourth-order valence-electron chi connectivity index (χ4n) is 4.04. The van der Waals surface area contributed by atoms with Crippen LogP contribution >= 0.6 is 0 Å². The van der Waals surface area contributed by atoms with E-state index in [4.69, 9.17) is 9.84 Å². The van der Waals surface area contributed by atoms with Crippen LogP contribution in [-0.4, -0.2) is 47.7 Å². The minimum absolute atomic E-state index is 0.0105. The van der Waals surface area contributed by atoms with Crippen molar-refractivity contribution in [1.29, 1.82) is 0 Å². The number of carboxylic acid groups (broad SMARTS) is 1. The van der Waals surface area contributed by atoms with Crippen LogP contribution in [0.3, 0.4) is 0 Å². The van der Waals surface area contributed by atoms with Gasteiger partial charge in [0.15, 0.2) is 0 Å². The van der Waals surface area contributed by atoms with E-state index >= 15 is 0 Å². The van der Waals surface area contributed by atoms with Gasteiger partial charge in [0.05, 0.1) is 6.42 Å². The highest BCUT2D eigenvalue weighted by Gasteiger charge is 2.29. The lowest BCUT2D eigenvalue weighted by atomic mass is 9.82. The summed E-state index contributed by atoms with van der Waals surface area (Å²) < 4.78 is 5.39. The van der Waals surface area contributed by atoms with Gasteiger partial charge in [0.25, 0.3) is 0 Å². The van der Waals surface area contributed by atoms with Crippen molar-refractivity contribution >= 4 is 11.9 Å². The summed E-state index contributed by atoms with van der Waals surface area (Å²) in [5, 5.41) is 9.01. The molecule has 1 aromatic rings. The number of fused-ring (bicyclic) bond motifs is 1. The number of ether oxygens (including phenoxy) is 1. The lowest BCUT2D eigenvalue weighted by Gasteiger charge is -2.35. The summed E-state index contributed by atoms with van der Waals surface area (Å²) in [5.74, 6) is -0.386. The van der Waals surface area contributed by atoms with Crippen LogP contribution in [0.4, 0.5) is 0 Å². The average Bonchev–Trinajstić information content (AvgIpc) is 2.62. The molecule has 5 heteroatoms. The molecule has 3 rings (SSSR count). The van der Waals surface area contributed by atoms with Crippen molar-refractivity contribution in [2.75, 3.05) is 19.8 Å². The van der Waals surface area contributed by atoms with Gasteiger partial charge in [0, 0.05) is 32.2 Å². The summed E-state index contributed by atoms with van der Waals surface area (Å²) in [6, 6.07) is 8.59. The van der Waals surface area contributed by atoms with E-state index in [0.29, 0.717) is 32.1 Å². The van der Waals surface area contributed by atoms with Gasteiger partial charge in [-0.15, -0.1) is 0 Å². The van der Waals surface area contributed by atoms with Gasteiger partial charge in [0.2, 0.25) is 5.91 Å². The van der Waals surface area contributed by atoms with Crippen molar-refractivity contribution in [1.82, 2.24) is 4.90 Å². The maximum Gasteiger partial charge on any atom is 0.305 e. The van der Waals surface area contributed by atoms with Gasteiger partial charge >= 0.3 is 5.97 Å². The summed E-state index contributed by atoms with van der Waals surface area (Å²) in [6.07, 6.45) is 5.14. The van der Waals surface area contributed by atoms with Crippen molar-refractivity contribution in [2.45, 2.75) is 51.0 Å². The summed E-state index contributed by atoms with van der Waals surface area (Å²) >= 11 is 0.